The van der Waals surface area contributed by atoms with Gasteiger partial charge in [0.15, 0.2) is 0 Å². The molecule has 3 rings (SSSR count). The van der Waals surface area contributed by atoms with Crippen LogP contribution in [0.15, 0.2) is 46.8 Å². The van der Waals surface area contributed by atoms with Gasteiger partial charge in [0, 0.05) is 40.9 Å². The minimum atomic E-state index is -4.78. The summed E-state index contributed by atoms with van der Waals surface area (Å²) in [7, 11) is 1.79. The maximum atomic E-state index is 14.5. The molecular formula is C26H30ClF4N5O2S. The average molecular weight is 588 g/mol. The molecule has 0 saturated carbocycles. The molecule has 0 bridgehead atoms. The van der Waals surface area contributed by atoms with Gasteiger partial charge in [-0.1, -0.05) is 24.2 Å². The lowest BCUT2D eigenvalue weighted by Crippen LogP contribution is -2.34. The van der Waals surface area contributed by atoms with E-state index in [4.69, 9.17) is 22.1 Å². The van der Waals surface area contributed by atoms with Crippen LogP contribution in [0, 0.1) is 5.82 Å². The molecule has 0 radical (unpaired) electrons. The van der Waals surface area contributed by atoms with Crippen molar-refractivity contribution in [3.05, 3.63) is 58.9 Å². The van der Waals surface area contributed by atoms with E-state index in [1.165, 1.54) is 23.9 Å². The zero-order valence-corrected chi connectivity index (χ0v) is 23.0. The number of rotatable bonds is 10. The van der Waals surface area contributed by atoms with Gasteiger partial charge in [0.1, 0.15) is 11.7 Å². The zero-order valence-electron chi connectivity index (χ0n) is 21.4. The Morgan fingerprint density at radius 2 is 2.15 bits per heavy atom. The Kier molecular flexibility index (Phi) is 10.6. The molecule has 1 heterocycles. The van der Waals surface area contributed by atoms with E-state index in [0.29, 0.717) is 31.1 Å². The lowest BCUT2D eigenvalue weighted by Gasteiger charge is -2.23. The van der Waals surface area contributed by atoms with Crippen molar-refractivity contribution in [3.63, 3.8) is 0 Å². The SMILES string of the molecule is C=CC(=O)N[C@H](C)CN=C(N)c1cc(C(F)(F)F)c(-c2ccc(F)c(Cl)c2)c2c1NCC(OCCNC)CS2. The number of hydrogen-bond acceptors (Lipinski definition) is 6. The Balaban J connectivity index is 2.16. The number of nitrogens with two attached hydrogens (primary N) is 1. The highest BCUT2D eigenvalue weighted by molar-refractivity contribution is 7.99. The van der Waals surface area contributed by atoms with Crippen LogP contribution in [0.5, 0.6) is 0 Å². The van der Waals surface area contributed by atoms with Gasteiger partial charge in [0.25, 0.3) is 0 Å². The van der Waals surface area contributed by atoms with Crippen molar-refractivity contribution in [2.24, 2.45) is 10.7 Å². The first kappa shape index (κ1) is 30.7. The number of carbonyl (C=O) groups excluding carboxylic acids is 1. The molecule has 1 unspecified atom stereocenters. The van der Waals surface area contributed by atoms with Crippen LogP contribution in [-0.2, 0) is 15.7 Å². The molecule has 5 N–H and O–H groups in total. The Morgan fingerprint density at radius 1 is 1.41 bits per heavy atom. The van der Waals surface area contributed by atoms with Gasteiger partial charge in [-0.2, -0.15) is 13.2 Å². The van der Waals surface area contributed by atoms with Gasteiger partial charge < -0.3 is 26.4 Å². The number of anilines is 1. The number of alkyl halides is 3. The summed E-state index contributed by atoms with van der Waals surface area (Å²) in [4.78, 5) is 16.1. The molecule has 0 saturated heterocycles. The monoisotopic (exact) mass is 587 g/mol. The van der Waals surface area contributed by atoms with Crippen molar-refractivity contribution in [2.75, 3.05) is 44.4 Å². The van der Waals surface area contributed by atoms with Crippen LogP contribution in [0.25, 0.3) is 11.1 Å². The third-order valence-electron chi connectivity index (χ3n) is 5.81. The van der Waals surface area contributed by atoms with Crippen LogP contribution in [0.2, 0.25) is 5.02 Å². The Bertz CT molecular complexity index is 1240. The van der Waals surface area contributed by atoms with Crippen molar-refractivity contribution >= 4 is 40.8 Å². The molecule has 0 aromatic heterocycles. The summed E-state index contributed by atoms with van der Waals surface area (Å²) in [6.07, 6.45) is -3.98. The Labute approximate surface area is 233 Å². The first-order valence-corrected chi connectivity index (χ1v) is 13.4. The second-order valence-corrected chi connectivity index (χ2v) is 10.2. The average Bonchev–Trinajstić information content (AvgIpc) is 3.10. The maximum Gasteiger partial charge on any atom is 0.417 e. The molecule has 2 atom stereocenters. The summed E-state index contributed by atoms with van der Waals surface area (Å²) in [5, 5.41) is 8.53. The summed E-state index contributed by atoms with van der Waals surface area (Å²) in [5.74, 6) is -0.930. The van der Waals surface area contributed by atoms with Gasteiger partial charge in [-0.05, 0) is 43.8 Å². The van der Waals surface area contributed by atoms with Gasteiger partial charge >= 0.3 is 6.18 Å². The topological polar surface area (TPSA) is 101 Å². The largest absolute Gasteiger partial charge is 0.417 e. The van der Waals surface area contributed by atoms with E-state index in [1.54, 1.807) is 14.0 Å². The molecule has 0 aliphatic carbocycles. The summed E-state index contributed by atoms with van der Waals surface area (Å²) < 4.78 is 63.3. The first-order chi connectivity index (χ1) is 18.5. The second kappa shape index (κ2) is 13.5. The molecule has 1 aliphatic rings. The highest BCUT2D eigenvalue weighted by Crippen LogP contribution is 2.48. The number of ether oxygens (including phenoxy) is 1. The highest BCUT2D eigenvalue weighted by atomic mass is 35.5. The molecule has 39 heavy (non-hydrogen) atoms. The number of fused-ring (bicyclic) bond motifs is 1. The fourth-order valence-electron chi connectivity index (χ4n) is 3.90. The number of benzene rings is 2. The number of carbonyl (C=O) groups is 1. The second-order valence-electron chi connectivity index (χ2n) is 8.81. The normalized spacial score (nSPS) is 16.6. The fraction of sp³-hybridized carbons (Fsp3) is 0.385. The minimum absolute atomic E-state index is 0.0275. The quantitative estimate of drug-likeness (QED) is 0.106. The highest BCUT2D eigenvalue weighted by Gasteiger charge is 2.38. The fourth-order valence-corrected chi connectivity index (χ4v) is 5.34. The molecule has 13 heteroatoms. The number of nitrogens with zero attached hydrogens (tertiary/aromatic N) is 1. The van der Waals surface area contributed by atoms with Gasteiger partial charge in [-0.3, -0.25) is 9.79 Å². The van der Waals surface area contributed by atoms with E-state index in [9.17, 15) is 22.4 Å². The molecule has 1 amide bonds. The number of likely N-dealkylation sites (N-methyl/N-ethyl adjacent to an activating group) is 1. The summed E-state index contributed by atoms with van der Waals surface area (Å²) in [6, 6.07) is 3.97. The number of amides is 1. The van der Waals surface area contributed by atoms with Crippen LogP contribution in [-0.4, -0.2) is 62.9 Å². The van der Waals surface area contributed by atoms with E-state index in [2.05, 4.69) is 27.5 Å². The van der Waals surface area contributed by atoms with E-state index < -0.39 is 29.5 Å². The smallest absolute Gasteiger partial charge is 0.383 e. The van der Waals surface area contributed by atoms with E-state index in [-0.39, 0.29) is 45.1 Å². The number of nitrogens with one attached hydrogen (secondary N) is 3. The first-order valence-electron chi connectivity index (χ1n) is 12.1. The van der Waals surface area contributed by atoms with E-state index in [1.807, 2.05) is 0 Å². The molecule has 0 spiro atoms. The van der Waals surface area contributed by atoms with Gasteiger partial charge in [-0.15, -0.1) is 11.8 Å². The Morgan fingerprint density at radius 3 is 2.79 bits per heavy atom. The predicted octanol–water partition coefficient (Wildman–Crippen LogP) is 4.68. The van der Waals surface area contributed by atoms with Crippen LogP contribution < -0.4 is 21.7 Å². The molecule has 212 valence electrons. The molecule has 0 fully saturated rings. The third kappa shape index (κ3) is 7.87. The van der Waals surface area contributed by atoms with Crippen molar-refractivity contribution in [1.82, 2.24) is 10.6 Å². The molecule has 7 nitrogen and oxygen atoms in total. The minimum Gasteiger partial charge on any atom is -0.383 e. The number of thioether (sulfide) groups is 1. The number of halogens is 5. The Hall–Kier alpha value is -2.80. The van der Waals surface area contributed by atoms with Crippen LogP contribution >= 0.6 is 23.4 Å². The summed E-state index contributed by atoms with van der Waals surface area (Å²) >= 11 is 7.14. The van der Waals surface area contributed by atoms with E-state index in [0.717, 1.165) is 18.2 Å². The lowest BCUT2D eigenvalue weighted by atomic mass is 9.94. The molecule has 2 aromatic carbocycles. The number of amidine groups is 1. The van der Waals surface area contributed by atoms with Crippen LogP contribution in [0.1, 0.15) is 18.1 Å². The summed E-state index contributed by atoms with van der Waals surface area (Å²) in [6.45, 7) is 6.43. The van der Waals surface area contributed by atoms with Crippen LogP contribution in [0.3, 0.4) is 0 Å². The van der Waals surface area contributed by atoms with Crippen LogP contribution in [0.4, 0.5) is 23.2 Å². The maximum absolute atomic E-state index is 14.5. The molecule has 2 aromatic rings. The van der Waals surface area contributed by atoms with Crippen molar-refractivity contribution < 1.29 is 27.1 Å². The molecule has 1 aliphatic heterocycles. The van der Waals surface area contributed by atoms with Gasteiger partial charge in [0.2, 0.25) is 5.91 Å². The van der Waals surface area contributed by atoms with E-state index >= 15 is 0 Å². The predicted molar refractivity (Wildman–Crippen MR) is 148 cm³/mol. The van der Waals surface area contributed by atoms with Gasteiger partial charge in [0.05, 0.1) is 35.5 Å². The van der Waals surface area contributed by atoms with Gasteiger partial charge in [-0.25, -0.2) is 4.39 Å². The lowest BCUT2D eigenvalue weighted by molar-refractivity contribution is -0.137. The third-order valence-corrected chi connectivity index (χ3v) is 7.33. The van der Waals surface area contributed by atoms with Crippen molar-refractivity contribution in [2.45, 2.75) is 30.1 Å². The number of hydrogen-bond donors (Lipinski definition) is 4. The number of aliphatic imine (C=N–C) groups is 1. The summed E-state index contributed by atoms with van der Waals surface area (Å²) in [5.41, 5.74) is 5.66. The van der Waals surface area contributed by atoms with Crippen molar-refractivity contribution in [3.8, 4) is 11.1 Å². The standard InChI is InChI=1S/C26H30ClF4N5O2S/c1-4-21(37)36-14(2)11-35-25(32)17-10-18(26(29,30)31)22(15-5-6-20(28)19(27)9-15)24-23(17)34-12-16(13-39-24)38-8-7-33-3/h4-6,9-10,14,16,33-34H,1,7-8,11-13H2,2-3H3,(H2,32,35)(H,36,37)/t14-,16?/m1/s1. The van der Waals surface area contributed by atoms with Crippen molar-refractivity contribution in [1.29, 1.82) is 0 Å². The zero-order chi connectivity index (χ0) is 28.7. The molecular weight excluding hydrogens is 558 g/mol.